The second-order valence-electron chi connectivity index (χ2n) is 3.36. The van der Waals surface area contributed by atoms with Gasteiger partial charge in [0.05, 0.1) is 12.8 Å². The molecule has 2 aromatic rings. The van der Waals surface area contributed by atoms with Gasteiger partial charge in [-0.25, -0.2) is 0 Å². The lowest BCUT2D eigenvalue weighted by atomic mass is 10.2. The summed E-state index contributed by atoms with van der Waals surface area (Å²) in [7, 11) is 0. The summed E-state index contributed by atoms with van der Waals surface area (Å²) in [6.07, 6.45) is 3.25. The second kappa shape index (κ2) is 4.67. The Morgan fingerprint density at radius 2 is 2.38 bits per heavy atom. The van der Waals surface area contributed by atoms with Crippen molar-refractivity contribution in [3.63, 3.8) is 0 Å². The Kier molecular flexibility index (Phi) is 3.07. The average Bonchev–Trinajstić information content (AvgIpc) is 2.88. The first kappa shape index (κ1) is 10.5. The largest absolute Gasteiger partial charge is 0.480 e. The molecule has 0 spiro atoms. The van der Waals surface area contributed by atoms with Gasteiger partial charge in [-0.05, 0) is 24.3 Å². The zero-order valence-electron chi connectivity index (χ0n) is 8.51. The highest BCUT2D eigenvalue weighted by molar-refractivity contribution is 5.74. The fourth-order valence-electron chi connectivity index (χ4n) is 1.47. The molecule has 0 saturated carbocycles. The summed E-state index contributed by atoms with van der Waals surface area (Å²) in [6, 6.07) is 6.30. The summed E-state index contributed by atoms with van der Waals surface area (Å²) >= 11 is 0. The van der Waals surface area contributed by atoms with Crippen LogP contribution in [0.5, 0.6) is 0 Å². The molecular formula is C11H12N2O3. The number of aromatic nitrogens is 1. The van der Waals surface area contributed by atoms with Crippen molar-refractivity contribution >= 4 is 5.97 Å². The molecule has 0 aromatic carbocycles. The minimum atomic E-state index is -0.922. The number of H-pyrrole nitrogens is 1. The zero-order chi connectivity index (χ0) is 11.4. The molecule has 0 radical (unpaired) electrons. The Bertz CT molecular complexity index is 434. The van der Waals surface area contributed by atoms with Crippen molar-refractivity contribution in [3.8, 4) is 0 Å². The standard InChI is InChI=1S/C11H12N2O3/c14-11(15)10(9-4-1-5-12-9)13-7-8-3-2-6-16-8/h1-6,10,12-13H,7H2,(H,14,15). The first-order valence-corrected chi connectivity index (χ1v) is 4.89. The molecule has 5 nitrogen and oxygen atoms in total. The number of nitrogens with one attached hydrogen (secondary N) is 2. The van der Waals surface area contributed by atoms with Crippen LogP contribution in [0, 0.1) is 0 Å². The van der Waals surface area contributed by atoms with Gasteiger partial charge in [0.25, 0.3) is 0 Å². The summed E-state index contributed by atoms with van der Waals surface area (Å²) in [5.41, 5.74) is 0.624. The Morgan fingerprint density at radius 3 is 2.94 bits per heavy atom. The van der Waals surface area contributed by atoms with E-state index in [1.54, 1.807) is 36.7 Å². The van der Waals surface area contributed by atoms with E-state index in [1.807, 2.05) is 0 Å². The van der Waals surface area contributed by atoms with Crippen LogP contribution in [-0.2, 0) is 11.3 Å². The molecule has 0 saturated heterocycles. The van der Waals surface area contributed by atoms with Gasteiger partial charge in [0.1, 0.15) is 11.8 Å². The van der Waals surface area contributed by atoms with Crippen molar-refractivity contribution in [3.05, 3.63) is 48.2 Å². The van der Waals surface area contributed by atoms with Crippen LogP contribution in [0.25, 0.3) is 0 Å². The minimum absolute atomic E-state index is 0.378. The normalized spacial score (nSPS) is 12.5. The van der Waals surface area contributed by atoms with Gasteiger partial charge in [-0.2, -0.15) is 0 Å². The van der Waals surface area contributed by atoms with Crippen molar-refractivity contribution in [1.82, 2.24) is 10.3 Å². The van der Waals surface area contributed by atoms with Crippen LogP contribution in [0.3, 0.4) is 0 Å². The Hall–Kier alpha value is -2.01. The molecule has 3 N–H and O–H groups in total. The first-order chi connectivity index (χ1) is 7.77. The van der Waals surface area contributed by atoms with Crippen LogP contribution in [0.15, 0.2) is 41.1 Å². The number of carbonyl (C=O) groups is 1. The molecule has 1 atom stereocenters. The molecule has 0 aliphatic carbocycles. The van der Waals surface area contributed by atoms with Crippen LogP contribution in [0.4, 0.5) is 0 Å². The van der Waals surface area contributed by atoms with E-state index in [0.29, 0.717) is 18.0 Å². The van der Waals surface area contributed by atoms with Gasteiger partial charge < -0.3 is 14.5 Å². The molecule has 2 heterocycles. The Balaban J connectivity index is 2.02. The zero-order valence-corrected chi connectivity index (χ0v) is 8.51. The third-order valence-corrected chi connectivity index (χ3v) is 2.24. The molecular weight excluding hydrogens is 208 g/mol. The topological polar surface area (TPSA) is 78.3 Å². The van der Waals surface area contributed by atoms with Gasteiger partial charge in [0, 0.05) is 11.9 Å². The van der Waals surface area contributed by atoms with Crippen molar-refractivity contribution in [1.29, 1.82) is 0 Å². The maximum absolute atomic E-state index is 11.0. The van der Waals surface area contributed by atoms with Crippen molar-refractivity contribution < 1.29 is 14.3 Å². The number of hydrogen-bond donors (Lipinski definition) is 3. The number of furan rings is 1. The predicted molar refractivity (Wildman–Crippen MR) is 56.7 cm³/mol. The van der Waals surface area contributed by atoms with Crippen LogP contribution in [0.2, 0.25) is 0 Å². The molecule has 84 valence electrons. The average molecular weight is 220 g/mol. The van der Waals surface area contributed by atoms with E-state index in [2.05, 4.69) is 10.3 Å². The fourth-order valence-corrected chi connectivity index (χ4v) is 1.47. The molecule has 0 aliphatic rings. The maximum Gasteiger partial charge on any atom is 0.326 e. The SMILES string of the molecule is O=C(O)C(NCc1ccco1)c1ccc[nH]1. The van der Waals surface area contributed by atoms with Crippen LogP contribution in [-0.4, -0.2) is 16.1 Å². The molecule has 2 rings (SSSR count). The van der Waals surface area contributed by atoms with Crippen LogP contribution < -0.4 is 5.32 Å². The Morgan fingerprint density at radius 1 is 1.50 bits per heavy atom. The number of carboxylic acid groups (broad SMARTS) is 1. The lowest BCUT2D eigenvalue weighted by Gasteiger charge is -2.11. The summed E-state index contributed by atoms with van der Waals surface area (Å²) < 4.78 is 5.12. The lowest BCUT2D eigenvalue weighted by molar-refractivity contribution is -0.139. The van der Waals surface area contributed by atoms with E-state index in [1.165, 1.54) is 0 Å². The molecule has 0 fully saturated rings. The number of aliphatic carboxylic acids is 1. The van der Waals surface area contributed by atoms with E-state index in [-0.39, 0.29) is 0 Å². The molecule has 0 amide bonds. The highest BCUT2D eigenvalue weighted by Crippen LogP contribution is 2.11. The van der Waals surface area contributed by atoms with Crippen molar-refractivity contribution in [2.75, 3.05) is 0 Å². The summed E-state index contributed by atoms with van der Waals surface area (Å²) in [5, 5.41) is 12.0. The second-order valence-corrected chi connectivity index (χ2v) is 3.36. The molecule has 2 aromatic heterocycles. The molecule has 0 aliphatic heterocycles. The monoisotopic (exact) mass is 220 g/mol. The Labute approximate surface area is 92.1 Å². The summed E-state index contributed by atoms with van der Waals surface area (Å²) in [4.78, 5) is 13.9. The lowest BCUT2D eigenvalue weighted by Crippen LogP contribution is -2.28. The molecule has 16 heavy (non-hydrogen) atoms. The van der Waals surface area contributed by atoms with E-state index >= 15 is 0 Å². The van der Waals surface area contributed by atoms with Gasteiger partial charge in [-0.3, -0.25) is 10.1 Å². The number of carboxylic acids is 1. The molecule has 1 unspecified atom stereocenters. The highest BCUT2D eigenvalue weighted by atomic mass is 16.4. The molecule has 5 heteroatoms. The van der Waals surface area contributed by atoms with Gasteiger partial charge in [0.2, 0.25) is 0 Å². The first-order valence-electron chi connectivity index (χ1n) is 4.89. The van der Waals surface area contributed by atoms with Gasteiger partial charge in [-0.15, -0.1) is 0 Å². The van der Waals surface area contributed by atoms with Crippen molar-refractivity contribution in [2.45, 2.75) is 12.6 Å². The van der Waals surface area contributed by atoms with Crippen molar-refractivity contribution in [2.24, 2.45) is 0 Å². The number of rotatable bonds is 5. The third-order valence-electron chi connectivity index (χ3n) is 2.24. The van der Waals surface area contributed by atoms with E-state index in [4.69, 9.17) is 9.52 Å². The fraction of sp³-hybridized carbons (Fsp3) is 0.182. The van der Waals surface area contributed by atoms with Gasteiger partial charge >= 0.3 is 5.97 Å². The predicted octanol–water partition coefficient (Wildman–Crippen LogP) is 1.52. The van der Waals surface area contributed by atoms with E-state index in [9.17, 15) is 4.79 Å². The van der Waals surface area contributed by atoms with Crippen LogP contribution >= 0.6 is 0 Å². The number of hydrogen-bond acceptors (Lipinski definition) is 3. The van der Waals surface area contributed by atoms with Crippen LogP contribution in [0.1, 0.15) is 17.5 Å². The maximum atomic E-state index is 11.0. The smallest absolute Gasteiger partial charge is 0.326 e. The number of aromatic amines is 1. The van der Waals surface area contributed by atoms with E-state index < -0.39 is 12.0 Å². The summed E-state index contributed by atoms with van der Waals surface area (Å²) in [6.45, 7) is 0.378. The third kappa shape index (κ3) is 2.32. The van der Waals surface area contributed by atoms with Gasteiger partial charge in [0.15, 0.2) is 0 Å². The quantitative estimate of drug-likeness (QED) is 0.713. The van der Waals surface area contributed by atoms with Gasteiger partial charge in [-0.1, -0.05) is 0 Å². The van der Waals surface area contributed by atoms with E-state index in [0.717, 1.165) is 0 Å². The molecule has 0 bridgehead atoms. The minimum Gasteiger partial charge on any atom is -0.480 e. The highest BCUT2D eigenvalue weighted by Gasteiger charge is 2.19. The summed E-state index contributed by atoms with van der Waals surface area (Å²) in [5.74, 6) is -0.216.